The third kappa shape index (κ3) is 2.19. The Morgan fingerprint density at radius 2 is 1.72 bits per heavy atom. The molecule has 4 N–H and O–H groups in total. The lowest BCUT2D eigenvalue weighted by molar-refractivity contribution is -0.463. The Kier molecular flexibility index (Phi) is 3.79. The summed E-state index contributed by atoms with van der Waals surface area (Å²) in [6.45, 7) is 6.26. The van der Waals surface area contributed by atoms with Crippen molar-refractivity contribution < 1.29 is 10.8 Å². The molecule has 1 aromatic rings. The van der Waals surface area contributed by atoms with E-state index in [1.807, 2.05) is 0 Å². The highest BCUT2D eigenvalue weighted by molar-refractivity contribution is 5.32. The fourth-order valence-corrected chi connectivity index (χ4v) is 3.11. The summed E-state index contributed by atoms with van der Waals surface area (Å²) in [5.41, 5.74) is 7.06. The van der Waals surface area contributed by atoms with Crippen molar-refractivity contribution in [3.05, 3.63) is 35.4 Å². The van der Waals surface area contributed by atoms with E-state index in [1.165, 1.54) is 17.5 Å². The molecule has 1 fully saturated rings. The van der Waals surface area contributed by atoms with E-state index in [1.54, 1.807) is 0 Å². The van der Waals surface area contributed by atoms with Crippen molar-refractivity contribution in [2.75, 3.05) is 0 Å². The average Bonchev–Trinajstić information content (AvgIpc) is 2.28. The quantitative estimate of drug-likeness (QED) is 0.841. The molecule has 0 unspecified atom stereocenters. The van der Waals surface area contributed by atoms with E-state index in [-0.39, 0.29) is 23.5 Å². The molecule has 0 spiro atoms. The van der Waals surface area contributed by atoms with Crippen molar-refractivity contribution in [2.45, 2.75) is 57.6 Å². The number of quaternary nitrogens is 1. The van der Waals surface area contributed by atoms with Crippen molar-refractivity contribution in [1.82, 2.24) is 0 Å². The number of hydrogen-bond donors (Lipinski definition) is 2. The fourth-order valence-electron chi connectivity index (χ4n) is 3.11. The van der Waals surface area contributed by atoms with E-state index in [4.69, 9.17) is 0 Å². The Morgan fingerprint density at radius 1 is 1.17 bits per heavy atom. The summed E-state index contributed by atoms with van der Waals surface area (Å²) in [7, 11) is 0. The number of aliphatic hydroxyl groups excluding tert-OH is 1. The predicted octanol–water partition coefficient (Wildman–Crippen LogP) is 2.04. The van der Waals surface area contributed by atoms with Gasteiger partial charge in [0.05, 0.1) is 0 Å². The minimum absolute atomic E-state index is 0.0916. The summed E-state index contributed by atoms with van der Waals surface area (Å²) >= 11 is 0. The summed E-state index contributed by atoms with van der Waals surface area (Å²) in [6, 6.07) is 8.88. The van der Waals surface area contributed by atoms with Crippen LogP contribution in [-0.2, 0) is 5.41 Å². The van der Waals surface area contributed by atoms with Crippen LogP contribution in [0.2, 0.25) is 0 Å². The van der Waals surface area contributed by atoms with E-state index in [0.29, 0.717) is 0 Å². The van der Waals surface area contributed by atoms with Gasteiger partial charge in [-0.1, -0.05) is 50.1 Å². The Balaban J connectivity index is 2.28. The molecule has 100 valence electrons. The molecule has 18 heavy (non-hydrogen) atoms. The average molecular weight is 248 g/mol. The molecule has 2 atom stereocenters. The third-order valence-corrected chi connectivity index (χ3v) is 4.68. The van der Waals surface area contributed by atoms with E-state index in [2.05, 4.69) is 50.8 Å². The summed E-state index contributed by atoms with van der Waals surface area (Å²) in [6.07, 6.45) is 3.26. The minimum Gasteiger partial charge on any atom is -0.387 e. The molecule has 1 aliphatic rings. The number of hydrogen-bond acceptors (Lipinski definition) is 1. The predicted molar refractivity (Wildman–Crippen MR) is 74.2 cm³/mol. The highest BCUT2D eigenvalue weighted by Gasteiger charge is 2.49. The maximum absolute atomic E-state index is 10.3. The molecule has 0 aromatic heterocycles. The molecule has 2 nitrogen and oxygen atoms in total. The first-order chi connectivity index (χ1) is 8.47. The van der Waals surface area contributed by atoms with Gasteiger partial charge in [0.25, 0.3) is 0 Å². The fraction of sp³-hybridized carbons (Fsp3) is 0.625. The van der Waals surface area contributed by atoms with Gasteiger partial charge in [0, 0.05) is 5.41 Å². The maximum atomic E-state index is 10.3. The number of aryl methyl sites for hydroxylation is 1. The lowest BCUT2D eigenvalue weighted by atomic mass is 9.58. The second kappa shape index (κ2) is 5.02. The zero-order valence-corrected chi connectivity index (χ0v) is 11.8. The van der Waals surface area contributed by atoms with Gasteiger partial charge >= 0.3 is 0 Å². The third-order valence-electron chi connectivity index (χ3n) is 4.68. The first-order valence-electron chi connectivity index (χ1n) is 7.05. The zero-order chi connectivity index (χ0) is 13.3. The molecule has 0 radical (unpaired) electrons. The molecule has 0 saturated heterocycles. The van der Waals surface area contributed by atoms with Crippen LogP contribution in [0.4, 0.5) is 0 Å². The number of aliphatic hydroxyl groups is 1. The Hall–Kier alpha value is -0.860. The number of rotatable bonds is 4. The largest absolute Gasteiger partial charge is 0.387 e. The van der Waals surface area contributed by atoms with Gasteiger partial charge in [-0.2, -0.15) is 0 Å². The van der Waals surface area contributed by atoms with Crippen LogP contribution < -0.4 is 5.73 Å². The van der Waals surface area contributed by atoms with E-state index in [9.17, 15) is 5.11 Å². The molecule has 2 rings (SSSR count). The second-order valence-electron chi connectivity index (χ2n) is 6.22. The van der Waals surface area contributed by atoms with Gasteiger partial charge in [0.2, 0.25) is 0 Å². The molecule has 0 heterocycles. The summed E-state index contributed by atoms with van der Waals surface area (Å²) in [4.78, 5) is 0. The summed E-state index contributed by atoms with van der Waals surface area (Å²) in [5.74, 6) is 0.274. The van der Waals surface area contributed by atoms with Crippen LogP contribution >= 0.6 is 0 Å². The van der Waals surface area contributed by atoms with Crippen LogP contribution in [0.25, 0.3) is 0 Å². The molecule has 1 saturated carbocycles. The van der Waals surface area contributed by atoms with Crippen molar-refractivity contribution in [1.29, 1.82) is 0 Å². The molecular weight excluding hydrogens is 222 g/mol. The van der Waals surface area contributed by atoms with Crippen LogP contribution in [0.3, 0.4) is 0 Å². The highest BCUT2D eigenvalue weighted by atomic mass is 16.3. The molecule has 0 aliphatic heterocycles. The minimum atomic E-state index is -0.313. The van der Waals surface area contributed by atoms with Gasteiger partial charge in [-0.25, -0.2) is 0 Å². The molecule has 1 aliphatic carbocycles. The zero-order valence-electron chi connectivity index (χ0n) is 11.8. The van der Waals surface area contributed by atoms with E-state index < -0.39 is 0 Å². The Labute approximate surface area is 110 Å². The van der Waals surface area contributed by atoms with Gasteiger partial charge in [0.1, 0.15) is 12.1 Å². The van der Waals surface area contributed by atoms with Crippen LogP contribution in [0.1, 0.15) is 44.2 Å². The molecule has 1 aromatic carbocycles. The van der Waals surface area contributed by atoms with Gasteiger partial charge in [0.15, 0.2) is 0 Å². The van der Waals surface area contributed by atoms with Crippen molar-refractivity contribution in [3.63, 3.8) is 0 Å². The Morgan fingerprint density at radius 3 is 2.11 bits per heavy atom. The van der Waals surface area contributed by atoms with Crippen molar-refractivity contribution in [3.8, 4) is 0 Å². The Bertz CT molecular complexity index is 392. The van der Waals surface area contributed by atoms with Crippen LogP contribution in [0.15, 0.2) is 24.3 Å². The van der Waals surface area contributed by atoms with Crippen LogP contribution in [-0.4, -0.2) is 17.3 Å². The van der Waals surface area contributed by atoms with Gasteiger partial charge in [-0.05, 0) is 31.2 Å². The van der Waals surface area contributed by atoms with E-state index >= 15 is 0 Å². The van der Waals surface area contributed by atoms with Gasteiger partial charge < -0.3 is 10.8 Å². The topological polar surface area (TPSA) is 47.9 Å². The number of benzene rings is 1. The summed E-state index contributed by atoms with van der Waals surface area (Å²) in [5, 5.41) is 10.3. The molecular formula is C16H26NO+. The van der Waals surface area contributed by atoms with Gasteiger partial charge in [-0.3, -0.25) is 0 Å². The summed E-state index contributed by atoms with van der Waals surface area (Å²) < 4.78 is 0. The standard InChI is InChI=1S/C16H25NO/c1-11(2)14(18)15(17)16(9-4-10-16)13-7-5-12(3)6-8-13/h5-8,11,14-15,18H,4,9-10,17H2,1-3H3/p+1/t14-,15+/m0/s1. The lowest BCUT2D eigenvalue weighted by Gasteiger charge is -2.46. The SMILES string of the molecule is Cc1ccc(C2([C@H]([NH3+])[C@@H](O)C(C)C)CCC2)cc1. The van der Waals surface area contributed by atoms with Crippen molar-refractivity contribution in [2.24, 2.45) is 5.92 Å². The second-order valence-corrected chi connectivity index (χ2v) is 6.22. The molecule has 2 heteroatoms. The first kappa shape index (κ1) is 13.6. The smallest absolute Gasteiger partial charge is 0.121 e. The lowest BCUT2D eigenvalue weighted by Crippen LogP contribution is -2.77. The van der Waals surface area contributed by atoms with Crippen LogP contribution in [0.5, 0.6) is 0 Å². The molecule has 0 bridgehead atoms. The van der Waals surface area contributed by atoms with E-state index in [0.717, 1.165) is 12.8 Å². The molecule has 0 amide bonds. The normalized spacial score (nSPS) is 21.4. The first-order valence-corrected chi connectivity index (χ1v) is 7.05. The van der Waals surface area contributed by atoms with Gasteiger partial charge in [-0.15, -0.1) is 0 Å². The van der Waals surface area contributed by atoms with Crippen molar-refractivity contribution >= 4 is 0 Å². The monoisotopic (exact) mass is 248 g/mol. The van der Waals surface area contributed by atoms with Crippen LogP contribution in [0, 0.1) is 12.8 Å². The highest BCUT2D eigenvalue weighted by Crippen LogP contribution is 2.46. The maximum Gasteiger partial charge on any atom is 0.121 e.